The summed E-state index contributed by atoms with van der Waals surface area (Å²) in [5.41, 5.74) is 5.74. The topological polar surface area (TPSA) is 55.1 Å². The van der Waals surface area contributed by atoms with Crippen LogP contribution >= 0.6 is 0 Å². The van der Waals surface area contributed by atoms with Crippen molar-refractivity contribution >= 4 is 5.91 Å². The monoisotopic (exact) mass is 228 g/mol. The third kappa shape index (κ3) is 3.27. The van der Waals surface area contributed by atoms with Gasteiger partial charge in [-0.15, -0.1) is 0 Å². The van der Waals surface area contributed by atoms with E-state index >= 15 is 0 Å². The average Bonchev–Trinajstić information content (AvgIpc) is 2.22. The number of halogens is 2. The van der Waals surface area contributed by atoms with Gasteiger partial charge in [-0.2, -0.15) is 0 Å². The molecule has 1 aromatic rings. The van der Waals surface area contributed by atoms with Crippen LogP contribution in [0.25, 0.3) is 0 Å². The number of benzene rings is 1. The quantitative estimate of drug-likeness (QED) is 0.820. The minimum Gasteiger partial charge on any atom is -0.350 e. The van der Waals surface area contributed by atoms with Crippen molar-refractivity contribution in [3.8, 4) is 0 Å². The number of carbonyl (C=O) groups is 1. The van der Waals surface area contributed by atoms with Crippen LogP contribution in [-0.2, 0) is 4.79 Å². The summed E-state index contributed by atoms with van der Waals surface area (Å²) >= 11 is 0. The third-order valence-electron chi connectivity index (χ3n) is 2.19. The summed E-state index contributed by atoms with van der Waals surface area (Å²) in [4.78, 5) is 11.2. The Bertz CT molecular complexity index is 382. The summed E-state index contributed by atoms with van der Waals surface area (Å²) in [6.45, 7) is 1.96. The second kappa shape index (κ2) is 5.55. The maximum atomic E-state index is 12.9. The van der Waals surface area contributed by atoms with Gasteiger partial charge in [0.25, 0.3) is 0 Å². The predicted molar refractivity (Wildman–Crippen MR) is 56.6 cm³/mol. The summed E-state index contributed by atoms with van der Waals surface area (Å²) in [5, 5.41) is 2.64. The fraction of sp³-hybridized carbons (Fsp3) is 0.364. The van der Waals surface area contributed by atoms with Gasteiger partial charge in [-0.1, -0.05) is 6.07 Å². The zero-order valence-electron chi connectivity index (χ0n) is 8.97. The van der Waals surface area contributed by atoms with Gasteiger partial charge in [-0.25, -0.2) is 8.78 Å². The van der Waals surface area contributed by atoms with Crippen molar-refractivity contribution in [2.24, 2.45) is 5.73 Å². The van der Waals surface area contributed by atoms with Crippen molar-refractivity contribution in [1.82, 2.24) is 5.32 Å². The Morgan fingerprint density at radius 2 is 2.12 bits per heavy atom. The Morgan fingerprint density at radius 3 is 2.69 bits per heavy atom. The standard InChI is InChI=1S/C11H14F2N2O/c1-7(15-11(16)4-5-14)8-2-3-9(12)10(13)6-8/h2-3,6-7H,4-5,14H2,1H3,(H,15,16). The molecule has 1 rings (SSSR count). The van der Waals surface area contributed by atoms with Crippen LogP contribution in [0.1, 0.15) is 24.9 Å². The molecule has 0 saturated heterocycles. The van der Waals surface area contributed by atoms with Crippen LogP contribution in [0.4, 0.5) is 8.78 Å². The molecule has 0 bridgehead atoms. The normalized spacial score (nSPS) is 12.2. The van der Waals surface area contributed by atoms with Crippen molar-refractivity contribution in [2.75, 3.05) is 6.54 Å². The van der Waals surface area contributed by atoms with E-state index in [9.17, 15) is 13.6 Å². The van der Waals surface area contributed by atoms with Gasteiger partial charge in [-0.3, -0.25) is 4.79 Å². The first-order valence-corrected chi connectivity index (χ1v) is 4.99. The van der Waals surface area contributed by atoms with E-state index in [1.54, 1.807) is 6.92 Å². The molecule has 0 radical (unpaired) electrons. The minimum atomic E-state index is -0.919. The van der Waals surface area contributed by atoms with Crippen LogP contribution in [0, 0.1) is 11.6 Å². The number of carbonyl (C=O) groups excluding carboxylic acids is 1. The van der Waals surface area contributed by atoms with Gasteiger partial charge in [0, 0.05) is 13.0 Å². The molecule has 0 aliphatic rings. The van der Waals surface area contributed by atoms with Crippen LogP contribution < -0.4 is 11.1 Å². The van der Waals surface area contributed by atoms with E-state index in [0.717, 1.165) is 12.1 Å². The van der Waals surface area contributed by atoms with Crippen molar-refractivity contribution in [3.05, 3.63) is 35.4 Å². The lowest BCUT2D eigenvalue weighted by Gasteiger charge is -2.14. The Kier molecular flexibility index (Phi) is 4.37. The van der Waals surface area contributed by atoms with E-state index < -0.39 is 11.6 Å². The third-order valence-corrected chi connectivity index (χ3v) is 2.19. The Balaban J connectivity index is 2.69. The van der Waals surface area contributed by atoms with Crippen molar-refractivity contribution in [2.45, 2.75) is 19.4 Å². The molecule has 0 saturated carbocycles. The van der Waals surface area contributed by atoms with Gasteiger partial charge in [0.1, 0.15) is 0 Å². The Hall–Kier alpha value is -1.49. The van der Waals surface area contributed by atoms with E-state index in [1.807, 2.05) is 0 Å². The molecule has 1 aromatic carbocycles. The molecule has 0 aliphatic heterocycles. The van der Waals surface area contributed by atoms with Crippen molar-refractivity contribution < 1.29 is 13.6 Å². The summed E-state index contributed by atoms with van der Waals surface area (Å²) in [7, 11) is 0. The summed E-state index contributed by atoms with van der Waals surface area (Å²) in [6, 6.07) is 3.18. The highest BCUT2D eigenvalue weighted by Gasteiger charge is 2.11. The first-order valence-electron chi connectivity index (χ1n) is 4.99. The SMILES string of the molecule is CC(NC(=O)CCN)c1ccc(F)c(F)c1. The molecular weight excluding hydrogens is 214 g/mol. The molecule has 3 N–H and O–H groups in total. The van der Waals surface area contributed by atoms with Gasteiger partial charge in [0.05, 0.1) is 6.04 Å². The number of hydrogen-bond acceptors (Lipinski definition) is 2. The predicted octanol–water partition coefficient (Wildman–Crippen LogP) is 1.49. The molecule has 16 heavy (non-hydrogen) atoms. The molecule has 0 fully saturated rings. The van der Waals surface area contributed by atoms with Crippen LogP contribution in [0.5, 0.6) is 0 Å². The molecule has 1 amide bonds. The van der Waals surface area contributed by atoms with E-state index in [-0.39, 0.29) is 24.9 Å². The van der Waals surface area contributed by atoms with Crippen molar-refractivity contribution in [3.63, 3.8) is 0 Å². The summed E-state index contributed by atoms with van der Waals surface area (Å²) in [5.74, 6) is -2.03. The highest BCUT2D eigenvalue weighted by Crippen LogP contribution is 2.15. The van der Waals surface area contributed by atoms with Crippen LogP contribution in [-0.4, -0.2) is 12.5 Å². The lowest BCUT2D eigenvalue weighted by molar-refractivity contribution is -0.121. The largest absolute Gasteiger partial charge is 0.350 e. The molecule has 0 aromatic heterocycles. The lowest BCUT2D eigenvalue weighted by Crippen LogP contribution is -2.28. The number of nitrogens with two attached hydrogens (primary N) is 1. The maximum absolute atomic E-state index is 12.9. The van der Waals surface area contributed by atoms with E-state index in [1.165, 1.54) is 6.07 Å². The summed E-state index contributed by atoms with van der Waals surface area (Å²) < 4.78 is 25.6. The fourth-order valence-corrected chi connectivity index (χ4v) is 1.31. The highest BCUT2D eigenvalue weighted by molar-refractivity contribution is 5.76. The first kappa shape index (κ1) is 12.6. The van der Waals surface area contributed by atoms with E-state index in [0.29, 0.717) is 5.56 Å². The molecule has 5 heteroatoms. The van der Waals surface area contributed by atoms with Gasteiger partial charge in [-0.05, 0) is 24.6 Å². The van der Waals surface area contributed by atoms with Crippen molar-refractivity contribution in [1.29, 1.82) is 0 Å². The number of rotatable bonds is 4. The smallest absolute Gasteiger partial charge is 0.221 e. The first-order chi connectivity index (χ1) is 7.54. The second-order valence-corrected chi connectivity index (χ2v) is 3.50. The second-order valence-electron chi connectivity index (χ2n) is 3.50. The van der Waals surface area contributed by atoms with Gasteiger partial charge in [0.2, 0.25) is 5.91 Å². The van der Waals surface area contributed by atoms with Crippen LogP contribution in [0.2, 0.25) is 0 Å². The highest BCUT2D eigenvalue weighted by atomic mass is 19.2. The Morgan fingerprint density at radius 1 is 1.44 bits per heavy atom. The van der Waals surface area contributed by atoms with Crippen LogP contribution in [0.15, 0.2) is 18.2 Å². The maximum Gasteiger partial charge on any atom is 0.221 e. The van der Waals surface area contributed by atoms with Gasteiger partial charge < -0.3 is 11.1 Å². The molecule has 3 nitrogen and oxygen atoms in total. The Labute approximate surface area is 92.6 Å². The van der Waals surface area contributed by atoms with Gasteiger partial charge in [0.15, 0.2) is 11.6 Å². The number of amides is 1. The zero-order chi connectivity index (χ0) is 12.1. The molecule has 1 atom stereocenters. The molecule has 0 heterocycles. The molecule has 0 spiro atoms. The lowest BCUT2D eigenvalue weighted by atomic mass is 10.1. The summed E-state index contributed by atoms with van der Waals surface area (Å²) in [6.07, 6.45) is 0.216. The van der Waals surface area contributed by atoms with E-state index in [4.69, 9.17) is 5.73 Å². The molecule has 0 aliphatic carbocycles. The molecule has 88 valence electrons. The van der Waals surface area contributed by atoms with Crippen LogP contribution in [0.3, 0.4) is 0 Å². The number of hydrogen-bond donors (Lipinski definition) is 2. The van der Waals surface area contributed by atoms with Gasteiger partial charge >= 0.3 is 0 Å². The fourth-order valence-electron chi connectivity index (χ4n) is 1.31. The molecule has 1 unspecified atom stereocenters. The zero-order valence-corrected chi connectivity index (χ0v) is 8.97. The minimum absolute atomic E-state index is 0.209. The number of nitrogens with one attached hydrogen (secondary N) is 1. The molecular formula is C11H14F2N2O. The van der Waals surface area contributed by atoms with E-state index in [2.05, 4.69) is 5.32 Å². The average molecular weight is 228 g/mol.